The first-order valence-corrected chi connectivity index (χ1v) is 7.83. The van der Waals surface area contributed by atoms with Gasteiger partial charge in [0.15, 0.2) is 0 Å². The van der Waals surface area contributed by atoms with Gasteiger partial charge in [0.05, 0.1) is 6.20 Å². The molecule has 0 atom stereocenters. The van der Waals surface area contributed by atoms with E-state index < -0.39 is 0 Å². The van der Waals surface area contributed by atoms with Gasteiger partial charge in [-0.2, -0.15) is 5.10 Å². The van der Waals surface area contributed by atoms with E-state index in [0.29, 0.717) is 18.5 Å². The fraction of sp³-hybridized carbons (Fsp3) is 0.529. The summed E-state index contributed by atoms with van der Waals surface area (Å²) in [4.78, 5) is 12.6. The summed E-state index contributed by atoms with van der Waals surface area (Å²) in [6.45, 7) is 8.67. The Bertz CT molecular complexity index is 678. The lowest BCUT2D eigenvalue weighted by molar-refractivity contribution is 0.0928. The lowest BCUT2D eigenvalue weighted by Gasteiger charge is -2.23. The van der Waals surface area contributed by atoms with Crippen molar-refractivity contribution in [3.05, 3.63) is 35.3 Å². The Hall–Kier alpha value is -2.08. The van der Waals surface area contributed by atoms with Gasteiger partial charge in [0.1, 0.15) is 11.4 Å². The van der Waals surface area contributed by atoms with Crippen LogP contribution in [0.25, 0.3) is 5.82 Å². The molecule has 2 aromatic rings. The van der Waals surface area contributed by atoms with Gasteiger partial charge in [0, 0.05) is 31.6 Å². The molecule has 2 rings (SSSR count). The van der Waals surface area contributed by atoms with Gasteiger partial charge >= 0.3 is 0 Å². The van der Waals surface area contributed by atoms with E-state index in [4.69, 9.17) is 5.11 Å². The van der Waals surface area contributed by atoms with Crippen molar-refractivity contribution in [1.29, 1.82) is 0 Å². The molecule has 0 aliphatic rings. The minimum atomic E-state index is -0.147. The Kier molecular flexibility index (Phi) is 4.94. The highest BCUT2D eigenvalue weighted by Gasteiger charge is 2.23. The average Bonchev–Trinajstić information content (AvgIpc) is 2.99. The van der Waals surface area contributed by atoms with Crippen LogP contribution >= 0.6 is 0 Å². The van der Waals surface area contributed by atoms with Crippen molar-refractivity contribution < 1.29 is 9.90 Å². The maximum absolute atomic E-state index is 12.6. The third-order valence-electron chi connectivity index (χ3n) is 4.15. The van der Waals surface area contributed by atoms with Crippen LogP contribution in [0.3, 0.4) is 0 Å². The second kappa shape index (κ2) is 6.58. The zero-order valence-electron chi connectivity index (χ0n) is 14.6. The van der Waals surface area contributed by atoms with Gasteiger partial charge in [0.2, 0.25) is 0 Å². The zero-order chi connectivity index (χ0) is 17.2. The maximum atomic E-state index is 12.6. The third-order valence-corrected chi connectivity index (χ3v) is 4.15. The Morgan fingerprint density at radius 1 is 1.30 bits per heavy atom. The van der Waals surface area contributed by atoms with E-state index in [0.717, 1.165) is 17.2 Å². The van der Waals surface area contributed by atoms with Crippen LogP contribution in [0.1, 0.15) is 42.0 Å². The quantitative estimate of drug-likeness (QED) is 0.855. The molecular formula is C17H26N4O2. The van der Waals surface area contributed by atoms with Crippen LogP contribution in [0, 0.1) is 19.3 Å². The number of nitrogens with one attached hydrogen (secondary N) is 1. The van der Waals surface area contributed by atoms with Crippen LogP contribution in [-0.2, 0) is 7.05 Å². The molecule has 0 fully saturated rings. The van der Waals surface area contributed by atoms with Gasteiger partial charge in [-0.1, -0.05) is 13.8 Å². The van der Waals surface area contributed by atoms with E-state index in [1.807, 2.05) is 51.4 Å². The van der Waals surface area contributed by atoms with Crippen molar-refractivity contribution in [2.45, 2.75) is 34.1 Å². The highest BCUT2D eigenvalue weighted by Crippen LogP contribution is 2.21. The Balaban J connectivity index is 2.27. The number of carbonyl (C=O) groups excluding carboxylic acids is 1. The van der Waals surface area contributed by atoms with Crippen LogP contribution in [0.15, 0.2) is 18.3 Å². The number of amides is 1. The average molecular weight is 318 g/mol. The minimum absolute atomic E-state index is 0.114. The summed E-state index contributed by atoms with van der Waals surface area (Å²) in [5.74, 6) is 0.620. The number of aliphatic hydroxyl groups is 1. The molecular weight excluding hydrogens is 292 g/mol. The van der Waals surface area contributed by atoms with Crippen molar-refractivity contribution >= 4 is 5.91 Å². The molecule has 6 nitrogen and oxygen atoms in total. The lowest BCUT2D eigenvalue weighted by atomic mass is 9.90. The fourth-order valence-corrected chi connectivity index (χ4v) is 2.66. The summed E-state index contributed by atoms with van der Waals surface area (Å²) in [6.07, 6.45) is 2.24. The van der Waals surface area contributed by atoms with Gasteiger partial charge in [-0.05, 0) is 37.8 Å². The van der Waals surface area contributed by atoms with Crippen molar-refractivity contribution in [1.82, 2.24) is 19.7 Å². The molecule has 126 valence electrons. The second-order valence-electron chi connectivity index (χ2n) is 6.78. The first-order chi connectivity index (χ1) is 10.8. The van der Waals surface area contributed by atoms with Crippen molar-refractivity contribution in [3.63, 3.8) is 0 Å². The number of hydrogen-bond donors (Lipinski definition) is 2. The van der Waals surface area contributed by atoms with E-state index in [2.05, 4.69) is 10.4 Å². The summed E-state index contributed by atoms with van der Waals surface area (Å²) in [5.41, 5.74) is 2.52. The molecule has 0 bridgehead atoms. The first kappa shape index (κ1) is 17.3. The number of hydrogen-bond acceptors (Lipinski definition) is 3. The molecule has 0 aliphatic heterocycles. The molecule has 23 heavy (non-hydrogen) atoms. The molecule has 0 aliphatic carbocycles. The first-order valence-electron chi connectivity index (χ1n) is 7.83. The summed E-state index contributed by atoms with van der Waals surface area (Å²) < 4.78 is 3.74. The molecule has 2 N–H and O–H groups in total. The summed E-state index contributed by atoms with van der Waals surface area (Å²) >= 11 is 0. The molecule has 0 radical (unpaired) electrons. The van der Waals surface area contributed by atoms with E-state index in [-0.39, 0.29) is 17.9 Å². The molecule has 6 heteroatoms. The topological polar surface area (TPSA) is 72.1 Å². The Morgan fingerprint density at radius 2 is 1.91 bits per heavy atom. The largest absolute Gasteiger partial charge is 0.396 e. The number of aryl methyl sites for hydroxylation is 3. The summed E-state index contributed by atoms with van der Waals surface area (Å²) in [5, 5.41) is 16.3. The molecule has 0 saturated carbocycles. The normalized spacial score (nSPS) is 11.7. The van der Waals surface area contributed by atoms with Crippen molar-refractivity contribution in [2.75, 3.05) is 13.2 Å². The van der Waals surface area contributed by atoms with Crippen molar-refractivity contribution in [2.24, 2.45) is 12.5 Å². The van der Waals surface area contributed by atoms with Crippen LogP contribution in [-0.4, -0.2) is 38.5 Å². The molecule has 0 unspecified atom stereocenters. The molecule has 2 heterocycles. The smallest absolute Gasteiger partial charge is 0.256 e. The molecule has 0 saturated heterocycles. The van der Waals surface area contributed by atoms with E-state index in [9.17, 15) is 4.79 Å². The minimum Gasteiger partial charge on any atom is -0.396 e. The van der Waals surface area contributed by atoms with Gasteiger partial charge in [-0.25, -0.2) is 0 Å². The Labute approximate surface area is 137 Å². The van der Waals surface area contributed by atoms with Gasteiger partial charge in [-0.3, -0.25) is 9.48 Å². The number of carbonyl (C=O) groups is 1. The van der Waals surface area contributed by atoms with Gasteiger partial charge in [-0.15, -0.1) is 0 Å². The number of aliphatic hydroxyl groups excluding tert-OH is 1. The van der Waals surface area contributed by atoms with E-state index >= 15 is 0 Å². The number of nitrogens with zero attached hydrogens (tertiary/aromatic N) is 3. The molecule has 0 aromatic carbocycles. The predicted octanol–water partition coefficient (Wildman–Crippen LogP) is 1.97. The predicted molar refractivity (Wildman–Crippen MR) is 89.8 cm³/mol. The Morgan fingerprint density at radius 3 is 2.48 bits per heavy atom. The van der Waals surface area contributed by atoms with E-state index in [1.54, 1.807) is 10.9 Å². The number of rotatable bonds is 6. The SMILES string of the molecule is Cc1ccc(C)n1-c1c(C(=O)NCC(C)(C)CCO)cnn1C. The maximum Gasteiger partial charge on any atom is 0.256 e. The van der Waals surface area contributed by atoms with Crippen LogP contribution < -0.4 is 5.32 Å². The third kappa shape index (κ3) is 3.64. The van der Waals surface area contributed by atoms with Crippen molar-refractivity contribution in [3.8, 4) is 5.82 Å². The lowest BCUT2D eigenvalue weighted by Crippen LogP contribution is -2.35. The second-order valence-corrected chi connectivity index (χ2v) is 6.78. The summed E-state index contributed by atoms with van der Waals surface area (Å²) in [6, 6.07) is 4.04. The highest BCUT2D eigenvalue weighted by atomic mass is 16.3. The zero-order valence-corrected chi connectivity index (χ0v) is 14.6. The highest BCUT2D eigenvalue weighted by molar-refractivity contribution is 5.97. The number of aromatic nitrogens is 3. The van der Waals surface area contributed by atoms with Gasteiger partial charge in [0.25, 0.3) is 5.91 Å². The standard InChI is InChI=1S/C17H26N4O2/c1-12-6-7-13(2)21(12)16-14(10-19-20(16)5)15(23)18-11-17(3,4)8-9-22/h6-7,10,22H,8-9,11H2,1-5H3,(H,18,23). The van der Waals surface area contributed by atoms with Crippen LogP contribution in [0.2, 0.25) is 0 Å². The monoisotopic (exact) mass is 318 g/mol. The van der Waals surface area contributed by atoms with E-state index in [1.165, 1.54) is 0 Å². The molecule has 0 spiro atoms. The molecule has 1 amide bonds. The summed E-state index contributed by atoms with van der Waals surface area (Å²) in [7, 11) is 1.83. The van der Waals surface area contributed by atoms with Crippen LogP contribution in [0.4, 0.5) is 0 Å². The van der Waals surface area contributed by atoms with Gasteiger partial charge < -0.3 is 15.0 Å². The van der Waals surface area contributed by atoms with Crippen LogP contribution in [0.5, 0.6) is 0 Å². The fourth-order valence-electron chi connectivity index (χ4n) is 2.66. The molecule has 2 aromatic heterocycles.